The molecule has 2 saturated heterocycles. The summed E-state index contributed by atoms with van der Waals surface area (Å²) in [5, 5.41) is 0. The summed E-state index contributed by atoms with van der Waals surface area (Å²) >= 11 is 0. The minimum atomic E-state index is 0.586. The summed E-state index contributed by atoms with van der Waals surface area (Å²) in [6, 6.07) is 0. The molecule has 0 atom stereocenters. The van der Waals surface area contributed by atoms with E-state index in [0.717, 1.165) is 0 Å². The molecule has 2 fully saturated rings. The summed E-state index contributed by atoms with van der Waals surface area (Å²) in [5.41, 5.74) is 0. The fourth-order valence-corrected chi connectivity index (χ4v) is 2.42. The number of ether oxygens (including phenoxy) is 11. The minimum absolute atomic E-state index is 0.586. The van der Waals surface area contributed by atoms with E-state index in [2.05, 4.69) is 0 Å². The first-order chi connectivity index (χ1) is 16.5. The van der Waals surface area contributed by atoms with Crippen LogP contribution in [0.1, 0.15) is 0 Å². The van der Waals surface area contributed by atoms with Crippen molar-refractivity contribution in [3.05, 3.63) is 0 Å². The quantitative estimate of drug-likeness (QED) is 0.471. The summed E-state index contributed by atoms with van der Waals surface area (Å²) in [6.07, 6.45) is 0. The molecule has 0 aromatic rings. The second-order valence-electron chi connectivity index (χ2n) is 6.74. The van der Waals surface area contributed by atoms with Gasteiger partial charge >= 0.3 is 0 Å². The average Bonchev–Trinajstić information content (AvgIpc) is 2.84. The number of rotatable bonds is 0. The highest BCUT2D eigenvalue weighted by Gasteiger charge is 1.97. The Morgan fingerprint density at radius 3 is 0.242 bits per heavy atom. The van der Waals surface area contributed by atoms with Gasteiger partial charge in [-0.25, -0.2) is 0 Å². The van der Waals surface area contributed by atoms with Crippen LogP contribution in [0.4, 0.5) is 0 Å². The van der Waals surface area contributed by atoms with E-state index in [4.69, 9.17) is 52.1 Å². The molecule has 0 aromatic heterocycles. The molecule has 11 nitrogen and oxygen atoms in total. The van der Waals surface area contributed by atoms with Crippen LogP contribution in [0.15, 0.2) is 0 Å². The topological polar surface area (TPSA) is 102 Å². The molecular formula is C22H44O11. The van der Waals surface area contributed by atoms with E-state index in [0.29, 0.717) is 145 Å². The van der Waals surface area contributed by atoms with Crippen LogP contribution in [0.25, 0.3) is 0 Å². The lowest BCUT2D eigenvalue weighted by atomic mass is 10.6. The van der Waals surface area contributed by atoms with Gasteiger partial charge in [0.2, 0.25) is 0 Å². The van der Waals surface area contributed by atoms with Crippen molar-refractivity contribution < 1.29 is 52.1 Å². The van der Waals surface area contributed by atoms with Crippen LogP contribution >= 0.6 is 0 Å². The normalized spacial score (nSPS) is 24.0. The molecule has 0 aliphatic carbocycles. The van der Waals surface area contributed by atoms with E-state index in [1.807, 2.05) is 0 Å². The zero-order valence-corrected chi connectivity index (χ0v) is 20.0. The maximum atomic E-state index is 5.33. The van der Waals surface area contributed by atoms with Crippen LogP contribution in [0.5, 0.6) is 0 Å². The van der Waals surface area contributed by atoms with Crippen LogP contribution in [0.2, 0.25) is 0 Å². The predicted molar refractivity (Wildman–Crippen MR) is 119 cm³/mol. The highest BCUT2D eigenvalue weighted by atomic mass is 16.6. The van der Waals surface area contributed by atoms with Crippen LogP contribution in [-0.4, -0.2) is 145 Å². The van der Waals surface area contributed by atoms with Gasteiger partial charge in [0.05, 0.1) is 145 Å². The molecule has 0 saturated carbocycles. The van der Waals surface area contributed by atoms with Crippen molar-refractivity contribution in [2.24, 2.45) is 0 Å². The van der Waals surface area contributed by atoms with Gasteiger partial charge in [-0.15, -0.1) is 0 Å². The molecule has 0 N–H and O–H groups in total. The Kier molecular flexibility index (Phi) is 25.8. The SMILES string of the molecule is C1COCCOCCOCCOCCO1.C1COCCOCCOCCOCCOCCO1. The van der Waals surface area contributed by atoms with Crippen molar-refractivity contribution in [3.8, 4) is 0 Å². The van der Waals surface area contributed by atoms with Gasteiger partial charge in [-0.3, -0.25) is 0 Å². The van der Waals surface area contributed by atoms with Crippen molar-refractivity contribution in [1.29, 1.82) is 0 Å². The molecule has 2 heterocycles. The molecule has 0 radical (unpaired) electrons. The van der Waals surface area contributed by atoms with Gasteiger partial charge in [-0.05, 0) is 0 Å². The van der Waals surface area contributed by atoms with Gasteiger partial charge in [0.1, 0.15) is 0 Å². The largest absolute Gasteiger partial charge is 0.377 e. The standard InChI is InChI=1S/C12H24O6.C10H20O5/c1-2-14-5-6-16-9-10-18-12-11-17-8-7-15-4-3-13-1;1-2-12-5-6-14-9-10-15-8-7-13-4-3-11-1/h1-12H2;1-10H2. The predicted octanol–water partition coefficient (Wildman–Crippen LogP) is 0.183. The second-order valence-corrected chi connectivity index (χ2v) is 6.74. The van der Waals surface area contributed by atoms with Crippen molar-refractivity contribution in [2.75, 3.05) is 145 Å². The summed E-state index contributed by atoms with van der Waals surface area (Å²) in [6.45, 7) is 13.1. The summed E-state index contributed by atoms with van der Waals surface area (Å²) in [4.78, 5) is 0. The van der Waals surface area contributed by atoms with Gasteiger partial charge < -0.3 is 52.1 Å². The Balaban J connectivity index is 0.000000335. The van der Waals surface area contributed by atoms with E-state index in [1.54, 1.807) is 0 Å². The van der Waals surface area contributed by atoms with Crippen LogP contribution in [-0.2, 0) is 52.1 Å². The first-order valence-corrected chi connectivity index (χ1v) is 11.9. The fourth-order valence-electron chi connectivity index (χ4n) is 2.42. The van der Waals surface area contributed by atoms with Gasteiger partial charge in [-0.1, -0.05) is 0 Å². The maximum absolute atomic E-state index is 5.33. The highest BCUT2D eigenvalue weighted by molar-refractivity contribution is 4.39. The first kappa shape index (κ1) is 30.6. The van der Waals surface area contributed by atoms with Gasteiger partial charge in [0.15, 0.2) is 0 Å². The third-order valence-electron chi connectivity index (χ3n) is 4.09. The van der Waals surface area contributed by atoms with Crippen molar-refractivity contribution in [1.82, 2.24) is 0 Å². The lowest BCUT2D eigenvalue weighted by Crippen LogP contribution is -2.16. The summed E-state index contributed by atoms with van der Waals surface area (Å²) in [5.74, 6) is 0. The van der Waals surface area contributed by atoms with Crippen molar-refractivity contribution >= 4 is 0 Å². The second kappa shape index (κ2) is 27.8. The fraction of sp³-hybridized carbons (Fsp3) is 1.00. The van der Waals surface area contributed by atoms with Gasteiger partial charge in [0.25, 0.3) is 0 Å². The number of hydrogen-bond acceptors (Lipinski definition) is 11. The zero-order valence-electron chi connectivity index (χ0n) is 20.0. The Labute approximate surface area is 198 Å². The van der Waals surface area contributed by atoms with Crippen molar-refractivity contribution in [2.45, 2.75) is 0 Å². The Hall–Kier alpha value is -0.440. The molecule has 33 heavy (non-hydrogen) atoms. The first-order valence-electron chi connectivity index (χ1n) is 11.9. The molecule has 2 aliphatic heterocycles. The molecule has 2 aliphatic rings. The van der Waals surface area contributed by atoms with E-state index in [-0.39, 0.29) is 0 Å². The smallest absolute Gasteiger partial charge is 0.0701 e. The maximum Gasteiger partial charge on any atom is 0.0701 e. The summed E-state index contributed by atoms with van der Waals surface area (Å²) < 4.78 is 58.4. The molecule has 0 unspecified atom stereocenters. The summed E-state index contributed by atoms with van der Waals surface area (Å²) in [7, 11) is 0. The number of hydrogen-bond donors (Lipinski definition) is 0. The molecular weight excluding hydrogens is 440 g/mol. The van der Waals surface area contributed by atoms with E-state index >= 15 is 0 Å². The Bertz CT molecular complexity index is 230. The van der Waals surface area contributed by atoms with Crippen LogP contribution in [0, 0.1) is 0 Å². The molecule has 0 spiro atoms. The molecule has 11 heteroatoms. The highest BCUT2D eigenvalue weighted by Crippen LogP contribution is 1.87. The van der Waals surface area contributed by atoms with E-state index in [1.165, 1.54) is 0 Å². The lowest BCUT2D eigenvalue weighted by molar-refractivity contribution is -0.0334. The zero-order chi connectivity index (χ0) is 23.3. The molecule has 2 rings (SSSR count). The third kappa shape index (κ3) is 26.0. The molecule has 0 amide bonds. The third-order valence-corrected chi connectivity index (χ3v) is 4.09. The van der Waals surface area contributed by atoms with E-state index in [9.17, 15) is 0 Å². The molecule has 0 aromatic carbocycles. The molecule has 0 bridgehead atoms. The van der Waals surface area contributed by atoms with E-state index < -0.39 is 0 Å². The lowest BCUT2D eigenvalue weighted by Gasteiger charge is -2.09. The monoisotopic (exact) mass is 484 g/mol. The average molecular weight is 485 g/mol. The Morgan fingerprint density at radius 1 is 0.121 bits per heavy atom. The minimum Gasteiger partial charge on any atom is -0.377 e. The van der Waals surface area contributed by atoms with Gasteiger partial charge in [-0.2, -0.15) is 0 Å². The van der Waals surface area contributed by atoms with Crippen LogP contribution in [0.3, 0.4) is 0 Å². The Morgan fingerprint density at radius 2 is 0.182 bits per heavy atom. The van der Waals surface area contributed by atoms with Crippen LogP contribution < -0.4 is 0 Å². The molecule has 198 valence electrons. The van der Waals surface area contributed by atoms with Gasteiger partial charge in [0, 0.05) is 0 Å². The van der Waals surface area contributed by atoms with Crippen molar-refractivity contribution in [3.63, 3.8) is 0 Å².